The zero-order chi connectivity index (χ0) is 23.3. The van der Waals surface area contributed by atoms with Gasteiger partial charge in [-0.1, -0.05) is 0 Å². The molecule has 3 saturated heterocycles. The van der Waals surface area contributed by atoms with Crippen LogP contribution in [-0.2, 0) is 9.53 Å². The Morgan fingerprint density at radius 3 is 2.45 bits per heavy atom. The van der Waals surface area contributed by atoms with Crippen LogP contribution >= 0.6 is 0 Å². The molecule has 1 aromatic heterocycles. The molecule has 3 fully saturated rings. The van der Waals surface area contributed by atoms with E-state index in [0.29, 0.717) is 49.9 Å². The van der Waals surface area contributed by atoms with Gasteiger partial charge in [0.05, 0.1) is 17.3 Å². The topological polar surface area (TPSA) is 62.7 Å². The first-order valence-electron chi connectivity index (χ1n) is 11.1. The molecule has 5 rings (SSSR count). The van der Waals surface area contributed by atoms with Gasteiger partial charge < -0.3 is 14.5 Å². The summed E-state index contributed by atoms with van der Waals surface area (Å²) in [5.41, 5.74) is 0.0259. The maximum absolute atomic E-state index is 13.8. The third kappa shape index (κ3) is 3.78. The third-order valence-corrected chi connectivity index (χ3v) is 6.89. The average Bonchev–Trinajstić information content (AvgIpc) is 3.31. The van der Waals surface area contributed by atoms with Gasteiger partial charge in [-0.05, 0) is 49.6 Å². The van der Waals surface area contributed by atoms with E-state index in [2.05, 4.69) is 4.98 Å². The number of carbonyl (C=O) groups is 2. The SMILES string of the molecule is CC(F)c1ccc(C(=O)N2CCC3(CC2)O[C@@H]2CC[C@@H](c4cc(F)cc(F)c4)N2C3=O)cn1. The van der Waals surface area contributed by atoms with Crippen LogP contribution in [0.25, 0.3) is 0 Å². The van der Waals surface area contributed by atoms with Gasteiger partial charge in [-0.25, -0.2) is 13.2 Å². The van der Waals surface area contributed by atoms with E-state index < -0.39 is 35.7 Å². The van der Waals surface area contributed by atoms with Gasteiger partial charge in [0, 0.05) is 38.2 Å². The minimum atomic E-state index is -1.21. The normalized spacial score (nSPS) is 24.9. The highest BCUT2D eigenvalue weighted by Gasteiger charge is 2.58. The molecule has 33 heavy (non-hydrogen) atoms. The summed E-state index contributed by atoms with van der Waals surface area (Å²) in [5, 5.41) is 0. The molecule has 4 heterocycles. The van der Waals surface area contributed by atoms with Gasteiger partial charge in [-0.3, -0.25) is 14.6 Å². The number of aromatic nitrogens is 1. The minimum Gasteiger partial charge on any atom is -0.342 e. The Balaban J connectivity index is 1.28. The Kier molecular flexibility index (Phi) is 5.39. The van der Waals surface area contributed by atoms with E-state index in [1.54, 1.807) is 15.9 Å². The molecule has 0 radical (unpaired) electrons. The van der Waals surface area contributed by atoms with Crippen molar-refractivity contribution in [2.45, 2.75) is 56.6 Å². The van der Waals surface area contributed by atoms with Crippen molar-refractivity contribution in [2.75, 3.05) is 13.1 Å². The quantitative estimate of drug-likeness (QED) is 0.694. The largest absolute Gasteiger partial charge is 0.342 e. The number of alkyl halides is 1. The summed E-state index contributed by atoms with van der Waals surface area (Å²) in [7, 11) is 0. The minimum absolute atomic E-state index is 0.185. The van der Waals surface area contributed by atoms with Crippen molar-refractivity contribution in [2.24, 2.45) is 0 Å². The summed E-state index contributed by atoms with van der Waals surface area (Å²) in [6.07, 6.45) is 1.55. The van der Waals surface area contributed by atoms with Crippen LogP contribution in [0.4, 0.5) is 13.2 Å². The van der Waals surface area contributed by atoms with E-state index in [1.165, 1.54) is 31.3 Å². The lowest BCUT2D eigenvalue weighted by Gasteiger charge is -2.37. The number of ether oxygens (including phenoxy) is 1. The molecular formula is C24H24F3N3O3. The van der Waals surface area contributed by atoms with Gasteiger partial charge >= 0.3 is 0 Å². The Labute approximate surface area is 189 Å². The number of fused-ring (bicyclic) bond motifs is 1. The highest BCUT2D eigenvalue weighted by Crippen LogP contribution is 2.47. The molecule has 3 aliphatic rings. The van der Waals surface area contributed by atoms with Gasteiger partial charge in [0.15, 0.2) is 5.60 Å². The first-order chi connectivity index (χ1) is 15.8. The maximum atomic E-state index is 13.8. The molecule has 0 aliphatic carbocycles. The predicted molar refractivity (Wildman–Crippen MR) is 112 cm³/mol. The van der Waals surface area contributed by atoms with Crippen molar-refractivity contribution >= 4 is 11.8 Å². The number of piperidine rings is 1. The highest BCUT2D eigenvalue weighted by atomic mass is 19.1. The fourth-order valence-corrected chi connectivity index (χ4v) is 5.16. The Morgan fingerprint density at radius 2 is 1.85 bits per heavy atom. The standard InChI is InChI=1S/C24H24F3N3O3/c1-14(25)19-3-2-15(13-28-19)22(31)29-8-6-24(7-9-29)23(32)30-20(4-5-21(30)33-24)16-10-17(26)12-18(27)11-16/h2-3,10-14,20-21H,4-9H2,1H3/t14?,20-,21+/m0/s1. The summed E-state index contributed by atoms with van der Waals surface area (Å²) in [6.45, 7) is 2.03. The van der Waals surface area contributed by atoms with Gasteiger partial charge in [0.1, 0.15) is 24.0 Å². The third-order valence-electron chi connectivity index (χ3n) is 6.89. The molecule has 2 amide bonds. The number of nitrogens with zero attached hydrogens (tertiary/aromatic N) is 3. The maximum Gasteiger partial charge on any atom is 0.257 e. The second-order valence-electron chi connectivity index (χ2n) is 8.96. The molecule has 6 nitrogen and oxygen atoms in total. The molecule has 3 atom stereocenters. The van der Waals surface area contributed by atoms with Gasteiger partial charge in [-0.2, -0.15) is 0 Å². The summed E-state index contributed by atoms with van der Waals surface area (Å²) >= 11 is 0. The van der Waals surface area contributed by atoms with Crippen molar-refractivity contribution in [3.05, 3.63) is 65.0 Å². The number of carbonyl (C=O) groups excluding carboxylic acids is 2. The summed E-state index contributed by atoms with van der Waals surface area (Å²) in [4.78, 5) is 33.5. The molecule has 1 unspecified atom stereocenters. The van der Waals surface area contributed by atoms with Crippen LogP contribution < -0.4 is 0 Å². The van der Waals surface area contributed by atoms with Gasteiger partial charge in [0.25, 0.3) is 11.8 Å². The number of rotatable bonds is 3. The number of amides is 2. The molecule has 0 saturated carbocycles. The Hall–Kier alpha value is -2.94. The van der Waals surface area contributed by atoms with Gasteiger partial charge in [0.2, 0.25) is 0 Å². The second-order valence-corrected chi connectivity index (χ2v) is 8.96. The summed E-state index contributed by atoms with van der Waals surface area (Å²) in [6, 6.07) is 5.96. The predicted octanol–water partition coefficient (Wildman–Crippen LogP) is 4.09. The summed E-state index contributed by atoms with van der Waals surface area (Å²) in [5.74, 6) is -1.76. The fraction of sp³-hybridized carbons (Fsp3) is 0.458. The Bertz CT molecular complexity index is 1060. The molecule has 0 N–H and O–H groups in total. The van der Waals surface area contributed by atoms with Crippen LogP contribution in [0, 0.1) is 11.6 Å². The van der Waals surface area contributed by atoms with Crippen LogP contribution in [0.15, 0.2) is 36.5 Å². The molecular weight excluding hydrogens is 435 g/mol. The van der Waals surface area contributed by atoms with Gasteiger partial charge in [-0.15, -0.1) is 0 Å². The van der Waals surface area contributed by atoms with Crippen molar-refractivity contribution in [3.63, 3.8) is 0 Å². The van der Waals surface area contributed by atoms with Crippen LogP contribution in [0.1, 0.15) is 66.4 Å². The average molecular weight is 459 g/mol. The molecule has 3 aliphatic heterocycles. The van der Waals surface area contributed by atoms with E-state index in [1.807, 2.05) is 0 Å². The molecule has 9 heteroatoms. The lowest BCUT2D eigenvalue weighted by molar-refractivity contribution is -0.142. The number of halogens is 3. The smallest absolute Gasteiger partial charge is 0.257 e. The molecule has 174 valence electrons. The zero-order valence-electron chi connectivity index (χ0n) is 18.1. The molecule has 2 aromatic rings. The lowest BCUT2D eigenvalue weighted by atomic mass is 9.89. The van der Waals surface area contributed by atoms with E-state index in [-0.39, 0.29) is 17.5 Å². The zero-order valence-corrected chi connectivity index (χ0v) is 18.1. The van der Waals surface area contributed by atoms with Crippen molar-refractivity contribution in [1.29, 1.82) is 0 Å². The molecule has 0 bridgehead atoms. The number of benzene rings is 1. The van der Waals surface area contributed by atoms with Crippen LogP contribution in [0.2, 0.25) is 0 Å². The number of hydrogen-bond donors (Lipinski definition) is 0. The monoisotopic (exact) mass is 459 g/mol. The first kappa shape index (κ1) is 21.9. The highest BCUT2D eigenvalue weighted by molar-refractivity contribution is 5.94. The van der Waals surface area contributed by atoms with Crippen LogP contribution in [-0.4, -0.2) is 51.5 Å². The van der Waals surface area contributed by atoms with E-state index in [4.69, 9.17) is 4.74 Å². The number of pyridine rings is 1. The molecule has 1 aromatic carbocycles. The van der Waals surface area contributed by atoms with Crippen LogP contribution in [0.3, 0.4) is 0 Å². The number of hydrogen-bond acceptors (Lipinski definition) is 4. The molecule has 1 spiro atoms. The van der Waals surface area contributed by atoms with E-state index >= 15 is 0 Å². The first-order valence-corrected chi connectivity index (χ1v) is 11.1. The van der Waals surface area contributed by atoms with Crippen LogP contribution in [0.5, 0.6) is 0 Å². The van der Waals surface area contributed by atoms with E-state index in [0.717, 1.165) is 6.07 Å². The summed E-state index contributed by atoms with van der Waals surface area (Å²) < 4.78 is 47.1. The van der Waals surface area contributed by atoms with Crippen molar-refractivity contribution in [1.82, 2.24) is 14.8 Å². The van der Waals surface area contributed by atoms with Crippen molar-refractivity contribution in [3.8, 4) is 0 Å². The second kappa shape index (κ2) is 8.13. The Morgan fingerprint density at radius 1 is 1.15 bits per heavy atom. The fourth-order valence-electron chi connectivity index (χ4n) is 5.16. The lowest BCUT2D eigenvalue weighted by Crippen LogP contribution is -2.51. The van der Waals surface area contributed by atoms with Crippen molar-refractivity contribution < 1.29 is 27.5 Å². The van der Waals surface area contributed by atoms with E-state index in [9.17, 15) is 22.8 Å². The number of likely N-dealkylation sites (tertiary alicyclic amines) is 1.